The number of fused-ring (bicyclic) bond motifs is 9. The van der Waals surface area contributed by atoms with E-state index in [-0.39, 0.29) is 0 Å². The predicted molar refractivity (Wildman–Crippen MR) is 229 cm³/mol. The van der Waals surface area contributed by atoms with Crippen LogP contribution in [0.3, 0.4) is 0 Å². The van der Waals surface area contributed by atoms with Gasteiger partial charge < -0.3 is 0 Å². The molecule has 0 unspecified atom stereocenters. The zero-order valence-electron chi connectivity index (χ0n) is 28.8. The molecular weight excluding hydrogens is 698 g/mol. The van der Waals surface area contributed by atoms with E-state index in [1.54, 1.807) is 11.3 Å². The van der Waals surface area contributed by atoms with Crippen LogP contribution in [0.1, 0.15) is 0 Å². The summed E-state index contributed by atoms with van der Waals surface area (Å²) in [7, 11) is 0. The van der Waals surface area contributed by atoms with Crippen molar-refractivity contribution in [2.75, 3.05) is 0 Å². The van der Waals surface area contributed by atoms with E-state index >= 15 is 0 Å². The van der Waals surface area contributed by atoms with Crippen LogP contribution in [-0.2, 0) is 0 Å². The summed E-state index contributed by atoms with van der Waals surface area (Å²) in [5.41, 5.74) is 4.72. The van der Waals surface area contributed by atoms with Crippen LogP contribution in [0.25, 0.3) is 109 Å². The minimum atomic E-state index is 0.591. The number of hydrogen-bond acceptors (Lipinski definition) is 4. The van der Waals surface area contributed by atoms with Crippen molar-refractivity contribution in [3.63, 3.8) is 0 Å². The van der Waals surface area contributed by atoms with Crippen LogP contribution in [0.4, 0.5) is 0 Å². The molecule has 2 heterocycles. The van der Waals surface area contributed by atoms with Gasteiger partial charge in [-0.2, -0.15) is 0 Å². The van der Waals surface area contributed by atoms with Crippen LogP contribution in [0.15, 0.2) is 170 Å². The summed E-state index contributed by atoms with van der Waals surface area (Å²) in [6.45, 7) is 0. The molecule has 2 aromatic heterocycles. The van der Waals surface area contributed by atoms with Crippen molar-refractivity contribution in [1.82, 2.24) is 15.0 Å². The summed E-state index contributed by atoms with van der Waals surface area (Å²) in [6.07, 6.45) is 0. The van der Waals surface area contributed by atoms with Gasteiger partial charge in [-0.15, -0.1) is 11.3 Å². The van der Waals surface area contributed by atoms with Gasteiger partial charge in [0.05, 0.1) is 0 Å². The number of rotatable bonds is 4. The second-order valence-electron chi connectivity index (χ2n) is 13.8. The highest BCUT2D eigenvalue weighted by Crippen LogP contribution is 2.39. The molecule has 252 valence electrons. The highest BCUT2D eigenvalue weighted by molar-refractivity contribution is 7.25. The fraction of sp³-hybridized carbons (Fsp3) is 0. The monoisotopic (exact) mass is 725 g/mol. The van der Waals surface area contributed by atoms with Crippen molar-refractivity contribution in [3.05, 3.63) is 175 Å². The van der Waals surface area contributed by atoms with Gasteiger partial charge in [-0.05, 0) is 91.1 Å². The summed E-state index contributed by atoms with van der Waals surface area (Å²) in [6, 6.07) is 59.9. The quantitative estimate of drug-likeness (QED) is 0.170. The minimum absolute atomic E-state index is 0.591. The van der Waals surface area contributed by atoms with Crippen molar-refractivity contribution in [1.29, 1.82) is 0 Å². The molecule has 0 saturated heterocycles. The molecule has 9 aromatic carbocycles. The molecule has 0 N–H and O–H groups in total. The average Bonchev–Trinajstić information content (AvgIpc) is 3.61. The second-order valence-corrected chi connectivity index (χ2v) is 15.2. The molecule has 0 aliphatic rings. The highest BCUT2D eigenvalue weighted by Gasteiger charge is 2.17. The Labute approximate surface area is 319 Å². The third-order valence-corrected chi connectivity index (χ3v) is 12.0. The number of thiophene rings is 1. The maximum Gasteiger partial charge on any atom is 0.164 e. The van der Waals surface area contributed by atoms with Crippen LogP contribution >= 0.6 is 22.9 Å². The standard InChI is InChI=1S/C49H28ClN3S/c50-44-24-20-36(27-43(44)33-17-23-42-41-11-5-6-12-45(41)54-46(42)28-33)49-52-47(34-18-21-39-31(25-34)15-13-29-7-1-3-9-37(29)39)51-48(53-49)35-19-22-40-32(26-35)16-14-30-8-2-4-10-38(30)40/h1-28H. The van der Waals surface area contributed by atoms with Gasteiger partial charge >= 0.3 is 0 Å². The average molecular weight is 726 g/mol. The van der Waals surface area contributed by atoms with Crippen LogP contribution in [0.2, 0.25) is 5.02 Å². The SMILES string of the molecule is Clc1ccc(-c2nc(-c3ccc4c(ccc5ccccc54)c3)nc(-c3ccc4c(ccc5ccccc54)c3)n2)cc1-c1ccc2c(c1)sc1ccccc12. The molecule has 54 heavy (non-hydrogen) atoms. The zero-order chi connectivity index (χ0) is 35.8. The molecule has 5 heteroatoms. The van der Waals surface area contributed by atoms with Gasteiger partial charge in [0.25, 0.3) is 0 Å². The summed E-state index contributed by atoms with van der Waals surface area (Å²) in [4.78, 5) is 15.4. The molecule has 0 saturated carbocycles. The fourth-order valence-electron chi connectivity index (χ4n) is 7.85. The van der Waals surface area contributed by atoms with Crippen molar-refractivity contribution >= 4 is 86.2 Å². The number of halogens is 1. The van der Waals surface area contributed by atoms with Crippen LogP contribution in [-0.4, -0.2) is 15.0 Å². The molecule has 11 aromatic rings. The number of aromatic nitrogens is 3. The van der Waals surface area contributed by atoms with E-state index in [1.165, 1.54) is 52.5 Å². The molecule has 3 nitrogen and oxygen atoms in total. The van der Waals surface area contributed by atoms with Gasteiger partial charge in [-0.3, -0.25) is 0 Å². The molecule has 0 amide bonds. The maximum atomic E-state index is 6.95. The maximum absolute atomic E-state index is 6.95. The summed E-state index contributed by atoms with van der Waals surface area (Å²) < 4.78 is 2.51. The Morgan fingerprint density at radius 2 is 0.778 bits per heavy atom. The number of hydrogen-bond donors (Lipinski definition) is 0. The first-order valence-electron chi connectivity index (χ1n) is 17.9. The Balaban J connectivity index is 1.08. The number of benzene rings is 9. The van der Waals surface area contributed by atoms with Gasteiger partial charge in [0, 0.05) is 47.4 Å². The van der Waals surface area contributed by atoms with Gasteiger partial charge in [0.2, 0.25) is 0 Å². The first kappa shape index (κ1) is 31.1. The molecule has 0 atom stereocenters. The normalized spacial score (nSPS) is 11.8. The van der Waals surface area contributed by atoms with Crippen molar-refractivity contribution in [2.24, 2.45) is 0 Å². The van der Waals surface area contributed by atoms with Crippen LogP contribution in [0.5, 0.6) is 0 Å². The first-order chi connectivity index (χ1) is 26.6. The largest absolute Gasteiger partial charge is 0.208 e. The minimum Gasteiger partial charge on any atom is -0.208 e. The Kier molecular flexibility index (Phi) is 7.09. The van der Waals surface area contributed by atoms with Crippen molar-refractivity contribution in [3.8, 4) is 45.3 Å². The second kappa shape index (κ2) is 12.3. The molecule has 0 radical (unpaired) electrons. The fourth-order valence-corrected chi connectivity index (χ4v) is 9.22. The third-order valence-electron chi connectivity index (χ3n) is 10.6. The molecule has 0 aliphatic carbocycles. The van der Waals surface area contributed by atoms with E-state index in [0.29, 0.717) is 22.5 Å². The van der Waals surface area contributed by atoms with Crippen molar-refractivity contribution < 1.29 is 0 Å². The van der Waals surface area contributed by atoms with E-state index < -0.39 is 0 Å². The topological polar surface area (TPSA) is 38.7 Å². The van der Waals surface area contributed by atoms with Crippen LogP contribution in [0, 0.1) is 0 Å². The lowest BCUT2D eigenvalue weighted by Crippen LogP contribution is -2.00. The molecule has 0 aliphatic heterocycles. The van der Waals surface area contributed by atoms with Gasteiger partial charge in [0.1, 0.15) is 0 Å². The van der Waals surface area contributed by atoms with Crippen molar-refractivity contribution in [2.45, 2.75) is 0 Å². The van der Waals surface area contributed by atoms with E-state index in [1.807, 2.05) is 12.1 Å². The summed E-state index contributed by atoms with van der Waals surface area (Å²) in [5.74, 6) is 1.83. The molecule has 0 spiro atoms. The third kappa shape index (κ3) is 5.14. The van der Waals surface area contributed by atoms with E-state index in [4.69, 9.17) is 26.6 Å². The Bertz CT molecular complexity index is 3170. The van der Waals surface area contributed by atoms with E-state index in [0.717, 1.165) is 38.6 Å². The number of nitrogens with zero attached hydrogens (tertiary/aromatic N) is 3. The molecule has 0 bridgehead atoms. The lowest BCUT2D eigenvalue weighted by atomic mass is 9.99. The lowest BCUT2D eigenvalue weighted by molar-refractivity contribution is 1.08. The van der Waals surface area contributed by atoms with Gasteiger partial charge in [0.15, 0.2) is 17.5 Å². The zero-order valence-corrected chi connectivity index (χ0v) is 30.4. The highest BCUT2D eigenvalue weighted by atomic mass is 35.5. The van der Waals surface area contributed by atoms with E-state index in [2.05, 4.69) is 158 Å². The Morgan fingerprint density at radius 1 is 0.333 bits per heavy atom. The van der Waals surface area contributed by atoms with Gasteiger partial charge in [-0.25, -0.2) is 15.0 Å². The van der Waals surface area contributed by atoms with E-state index in [9.17, 15) is 0 Å². The molecular formula is C49H28ClN3S. The summed E-state index contributed by atoms with van der Waals surface area (Å²) in [5, 5.41) is 12.8. The molecule has 0 fully saturated rings. The Morgan fingerprint density at radius 3 is 1.41 bits per heavy atom. The van der Waals surface area contributed by atoms with Gasteiger partial charge in [-0.1, -0.05) is 139 Å². The predicted octanol–water partition coefficient (Wildman–Crippen LogP) is 14.2. The first-order valence-corrected chi connectivity index (χ1v) is 19.1. The molecule has 11 rings (SSSR count). The summed E-state index contributed by atoms with van der Waals surface area (Å²) >= 11 is 8.75. The van der Waals surface area contributed by atoms with Crippen LogP contribution < -0.4 is 0 Å². The Hall–Kier alpha value is -6.46. The lowest BCUT2D eigenvalue weighted by Gasteiger charge is -2.12. The smallest absolute Gasteiger partial charge is 0.164 e.